The van der Waals surface area contributed by atoms with Crippen molar-refractivity contribution in [3.8, 4) is 11.5 Å². The molecule has 0 aliphatic heterocycles. The summed E-state index contributed by atoms with van der Waals surface area (Å²) >= 11 is 0. The monoisotopic (exact) mass is 284 g/mol. The highest BCUT2D eigenvalue weighted by atomic mass is 16.5. The fourth-order valence-electron chi connectivity index (χ4n) is 2.15. The second kappa shape index (κ2) is 6.93. The summed E-state index contributed by atoms with van der Waals surface area (Å²) in [5.41, 5.74) is 0.939. The summed E-state index contributed by atoms with van der Waals surface area (Å²) in [4.78, 5) is 11.3. The molecule has 0 heterocycles. The van der Waals surface area contributed by atoms with Gasteiger partial charge in [0.25, 0.3) is 0 Å². The summed E-state index contributed by atoms with van der Waals surface area (Å²) < 4.78 is 11.2. The average molecular weight is 284 g/mol. The number of esters is 1. The summed E-state index contributed by atoms with van der Waals surface area (Å²) in [5.74, 6) is 1.43. The molecule has 0 saturated carbocycles. The van der Waals surface area contributed by atoms with Gasteiger partial charge in [-0.3, -0.25) is 4.79 Å². The van der Waals surface area contributed by atoms with E-state index in [1.165, 1.54) is 6.92 Å². The molecule has 0 radical (unpaired) electrons. The lowest BCUT2D eigenvalue weighted by Gasteiger charge is -2.21. The van der Waals surface area contributed by atoms with E-state index in [0.717, 1.165) is 17.1 Å². The summed E-state index contributed by atoms with van der Waals surface area (Å²) in [6.45, 7) is 5.48. The Kier molecular flexibility index (Phi) is 4.99. The average Bonchev–Trinajstić information content (AvgIpc) is 2.45. The fourth-order valence-corrected chi connectivity index (χ4v) is 2.15. The van der Waals surface area contributed by atoms with Crippen LogP contribution < -0.4 is 4.74 Å². The SMILES string of the molecule is CC(=O)OC(c1cccc(Oc2ccccc2)c1)C(C)C. The minimum absolute atomic E-state index is 0.195. The molecule has 3 heteroatoms. The number of rotatable bonds is 5. The summed E-state index contributed by atoms with van der Waals surface area (Å²) in [7, 11) is 0. The minimum Gasteiger partial charge on any atom is -0.457 e. The molecule has 2 aromatic carbocycles. The zero-order chi connectivity index (χ0) is 15.2. The first kappa shape index (κ1) is 15.1. The van der Waals surface area contributed by atoms with Gasteiger partial charge in [0.05, 0.1) is 0 Å². The summed E-state index contributed by atoms with van der Waals surface area (Å²) in [5, 5.41) is 0. The maximum Gasteiger partial charge on any atom is 0.303 e. The fraction of sp³-hybridized carbons (Fsp3) is 0.278. The van der Waals surface area contributed by atoms with Crippen LogP contribution in [0.4, 0.5) is 0 Å². The van der Waals surface area contributed by atoms with Crippen LogP contribution >= 0.6 is 0 Å². The predicted octanol–water partition coefficient (Wildman–Crippen LogP) is 4.74. The third-order valence-electron chi connectivity index (χ3n) is 3.06. The van der Waals surface area contributed by atoms with Crippen LogP contribution in [0.15, 0.2) is 54.6 Å². The van der Waals surface area contributed by atoms with E-state index in [-0.39, 0.29) is 18.0 Å². The van der Waals surface area contributed by atoms with Crippen molar-refractivity contribution in [1.29, 1.82) is 0 Å². The van der Waals surface area contributed by atoms with Crippen LogP contribution in [0.3, 0.4) is 0 Å². The van der Waals surface area contributed by atoms with E-state index in [4.69, 9.17) is 9.47 Å². The molecule has 1 atom stereocenters. The first-order chi connectivity index (χ1) is 10.1. The zero-order valence-electron chi connectivity index (χ0n) is 12.6. The molecule has 2 rings (SSSR count). The molecule has 0 fully saturated rings. The number of carbonyl (C=O) groups is 1. The molecule has 0 spiro atoms. The molecule has 110 valence electrons. The Bertz CT molecular complexity index is 590. The molecule has 0 aliphatic carbocycles. The lowest BCUT2D eigenvalue weighted by atomic mass is 9.99. The van der Waals surface area contributed by atoms with Gasteiger partial charge >= 0.3 is 5.97 Å². The van der Waals surface area contributed by atoms with Crippen LogP contribution in [0.1, 0.15) is 32.4 Å². The summed E-state index contributed by atoms with van der Waals surface area (Å²) in [6.07, 6.45) is -0.262. The molecule has 2 aromatic rings. The second-order valence-electron chi connectivity index (χ2n) is 5.26. The quantitative estimate of drug-likeness (QED) is 0.744. The van der Waals surface area contributed by atoms with Crippen molar-refractivity contribution >= 4 is 5.97 Å². The molecule has 0 aliphatic rings. The Morgan fingerprint density at radius 1 is 0.952 bits per heavy atom. The van der Waals surface area contributed by atoms with E-state index < -0.39 is 0 Å². The van der Waals surface area contributed by atoms with Crippen molar-refractivity contribution in [2.45, 2.75) is 26.9 Å². The topological polar surface area (TPSA) is 35.5 Å². The Labute approximate surface area is 125 Å². The summed E-state index contributed by atoms with van der Waals surface area (Å²) in [6, 6.07) is 17.3. The predicted molar refractivity (Wildman–Crippen MR) is 82.3 cm³/mol. The van der Waals surface area contributed by atoms with Gasteiger partial charge in [0.1, 0.15) is 17.6 Å². The molecule has 0 saturated heterocycles. The molecular weight excluding hydrogens is 264 g/mol. The Morgan fingerprint density at radius 3 is 2.24 bits per heavy atom. The van der Waals surface area contributed by atoms with Crippen molar-refractivity contribution < 1.29 is 14.3 Å². The first-order valence-electron chi connectivity index (χ1n) is 7.06. The molecule has 0 amide bonds. The van der Waals surface area contributed by atoms with E-state index in [1.54, 1.807) is 0 Å². The normalized spacial score (nSPS) is 12.0. The number of benzene rings is 2. The van der Waals surface area contributed by atoms with Gasteiger partial charge in [-0.15, -0.1) is 0 Å². The molecule has 21 heavy (non-hydrogen) atoms. The van der Waals surface area contributed by atoms with Crippen molar-refractivity contribution in [2.24, 2.45) is 5.92 Å². The maximum absolute atomic E-state index is 11.3. The van der Waals surface area contributed by atoms with Crippen LogP contribution in [0, 0.1) is 5.92 Å². The van der Waals surface area contributed by atoms with E-state index in [2.05, 4.69) is 0 Å². The van der Waals surface area contributed by atoms with E-state index in [0.29, 0.717) is 0 Å². The molecule has 0 bridgehead atoms. The van der Waals surface area contributed by atoms with Crippen LogP contribution in [0.5, 0.6) is 11.5 Å². The van der Waals surface area contributed by atoms with Gasteiger partial charge in [-0.25, -0.2) is 0 Å². The molecule has 1 unspecified atom stereocenters. The van der Waals surface area contributed by atoms with Crippen molar-refractivity contribution in [3.63, 3.8) is 0 Å². The highest BCUT2D eigenvalue weighted by Gasteiger charge is 2.19. The Hall–Kier alpha value is -2.29. The van der Waals surface area contributed by atoms with Crippen LogP contribution in [0.25, 0.3) is 0 Å². The lowest BCUT2D eigenvalue weighted by molar-refractivity contribution is -0.149. The molecule has 3 nitrogen and oxygen atoms in total. The van der Waals surface area contributed by atoms with Gasteiger partial charge in [0, 0.05) is 6.92 Å². The lowest BCUT2D eigenvalue weighted by Crippen LogP contribution is -2.14. The second-order valence-corrected chi connectivity index (χ2v) is 5.26. The maximum atomic E-state index is 11.3. The first-order valence-corrected chi connectivity index (χ1v) is 7.06. The number of carbonyl (C=O) groups excluding carboxylic acids is 1. The third-order valence-corrected chi connectivity index (χ3v) is 3.06. The van der Waals surface area contributed by atoms with Crippen molar-refractivity contribution in [1.82, 2.24) is 0 Å². The number of para-hydroxylation sites is 1. The molecule has 0 aromatic heterocycles. The third kappa shape index (κ3) is 4.35. The number of hydrogen-bond donors (Lipinski definition) is 0. The van der Waals surface area contributed by atoms with Gasteiger partial charge in [0.15, 0.2) is 0 Å². The van der Waals surface area contributed by atoms with Gasteiger partial charge in [-0.05, 0) is 35.7 Å². The minimum atomic E-state index is -0.275. The van der Waals surface area contributed by atoms with Gasteiger partial charge in [-0.1, -0.05) is 44.2 Å². The molecular formula is C18H20O3. The largest absolute Gasteiger partial charge is 0.457 e. The standard InChI is InChI=1S/C18H20O3/c1-13(2)18(20-14(3)19)15-8-7-11-17(12-15)21-16-9-5-4-6-10-16/h4-13,18H,1-3H3. The van der Waals surface area contributed by atoms with Crippen LogP contribution in [0.2, 0.25) is 0 Å². The zero-order valence-corrected chi connectivity index (χ0v) is 12.6. The number of hydrogen-bond acceptors (Lipinski definition) is 3. The van der Waals surface area contributed by atoms with Crippen LogP contribution in [-0.4, -0.2) is 5.97 Å². The van der Waals surface area contributed by atoms with Gasteiger partial charge < -0.3 is 9.47 Å². The van der Waals surface area contributed by atoms with Gasteiger partial charge in [-0.2, -0.15) is 0 Å². The van der Waals surface area contributed by atoms with Crippen molar-refractivity contribution in [2.75, 3.05) is 0 Å². The van der Waals surface area contributed by atoms with Crippen LogP contribution in [-0.2, 0) is 9.53 Å². The Balaban J connectivity index is 2.21. The Morgan fingerprint density at radius 2 is 1.62 bits per heavy atom. The highest BCUT2D eigenvalue weighted by Crippen LogP contribution is 2.30. The van der Waals surface area contributed by atoms with E-state index in [9.17, 15) is 4.79 Å². The van der Waals surface area contributed by atoms with Crippen molar-refractivity contribution in [3.05, 3.63) is 60.2 Å². The van der Waals surface area contributed by atoms with E-state index >= 15 is 0 Å². The van der Waals surface area contributed by atoms with Gasteiger partial charge in [0.2, 0.25) is 0 Å². The number of ether oxygens (including phenoxy) is 2. The van der Waals surface area contributed by atoms with E-state index in [1.807, 2.05) is 68.4 Å². The highest BCUT2D eigenvalue weighted by molar-refractivity contribution is 5.66. The smallest absolute Gasteiger partial charge is 0.303 e. The molecule has 0 N–H and O–H groups in total.